The number of aryl methyl sites for hydroxylation is 2. The van der Waals surface area contributed by atoms with Gasteiger partial charge in [-0.2, -0.15) is 0 Å². The number of hydrogen-bond acceptors (Lipinski definition) is 5. The Morgan fingerprint density at radius 2 is 1.67 bits per heavy atom. The van der Waals surface area contributed by atoms with Gasteiger partial charge in [0.1, 0.15) is 0 Å². The largest absolute Gasteiger partial charge is 0.421 e. The Kier molecular flexibility index (Phi) is 8.15. The van der Waals surface area contributed by atoms with Crippen molar-refractivity contribution in [2.45, 2.75) is 32.1 Å². The molecule has 0 aliphatic carbocycles. The lowest BCUT2D eigenvalue weighted by molar-refractivity contribution is 0.0952. The van der Waals surface area contributed by atoms with Crippen LogP contribution in [0.15, 0.2) is 59.0 Å². The first kappa shape index (κ1) is 21.7. The summed E-state index contributed by atoms with van der Waals surface area (Å²) in [6.45, 7) is 1.61. The van der Waals surface area contributed by atoms with Crippen molar-refractivity contribution in [1.29, 1.82) is 0 Å². The van der Waals surface area contributed by atoms with E-state index < -0.39 is 0 Å². The maximum atomic E-state index is 12.2. The molecule has 1 amide bonds. The monoisotopic (exact) mass is 406 g/mol. The zero-order valence-corrected chi connectivity index (χ0v) is 17.8. The molecule has 0 radical (unpaired) electrons. The van der Waals surface area contributed by atoms with E-state index in [4.69, 9.17) is 4.42 Å². The second-order valence-corrected chi connectivity index (χ2v) is 7.68. The maximum Gasteiger partial charge on any atom is 0.251 e. The van der Waals surface area contributed by atoms with Crippen LogP contribution < -0.4 is 5.32 Å². The van der Waals surface area contributed by atoms with Gasteiger partial charge in [-0.1, -0.05) is 30.3 Å². The third-order valence-corrected chi connectivity index (χ3v) is 4.88. The molecule has 6 heteroatoms. The number of nitrogens with one attached hydrogen (secondary N) is 1. The summed E-state index contributed by atoms with van der Waals surface area (Å²) in [5, 5.41) is 11.3. The molecule has 0 bridgehead atoms. The summed E-state index contributed by atoms with van der Waals surface area (Å²) >= 11 is 0. The van der Waals surface area contributed by atoms with Crippen molar-refractivity contribution in [3.05, 3.63) is 71.6 Å². The van der Waals surface area contributed by atoms with Crippen molar-refractivity contribution in [3.63, 3.8) is 0 Å². The Balaban J connectivity index is 1.45. The van der Waals surface area contributed by atoms with Gasteiger partial charge in [0.25, 0.3) is 5.91 Å². The number of amides is 1. The average Bonchev–Trinajstić information content (AvgIpc) is 3.24. The van der Waals surface area contributed by atoms with Crippen LogP contribution in [0.4, 0.5) is 0 Å². The summed E-state index contributed by atoms with van der Waals surface area (Å²) in [6.07, 6.45) is 4.84. The van der Waals surface area contributed by atoms with E-state index in [0.29, 0.717) is 23.9 Å². The van der Waals surface area contributed by atoms with E-state index in [-0.39, 0.29) is 5.91 Å². The molecular formula is C24H30N4O2. The lowest BCUT2D eigenvalue weighted by Crippen LogP contribution is -2.27. The molecule has 3 aromatic rings. The predicted molar refractivity (Wildman–Crippen MR) is 118 cm³/mol. The molecule has 6 nitrogen and oxygen atoms in total. The summed E-state index contributed by atoms with van der Waals surface area (Å²) in [4.78, 5) is 14.3. The highest BCUT2D eigenvalue weighted by Crippen LogP contribution is 2.19. The zero-order chi connectivity index (χ0) is 21.2. The first-order valence-corrected chi connectivity index (χ1v) is 10.5. The van der Waals surface area contributed by atoms with E-state index in [2.05, 4.69) is 44.7 Å². The van der Waals surface area contributed by atoms with Gasteiger partial charge in [0, 0.05) is 24.1 Å². The zero-order valence-electron chi connectivity index (χ0n) is 17.8. The molecule has 0 unspecified atom stereocenters. The van der Waals surface area contributed by atoms with E-state index in [1.54, 1.807) is 12.1 Å². The quantitative estimate of drug-likeness (QED) is 0.488. The summed E-state index contributed by atoms with van der Waals surface area (Å²) in [7, 11) is 4.04. The number of unbranched alkanes of at least 4 members (excludes halogenated alkanes) is 1. The van der Waals surface area contributed by atoms with Gasteiger partial charge >= 0.3 is 0 Å². The van der Waals surface area contributed by atoms with E-state index >= 15 is 0 Å². The number of rotatable bonds is 11. The van der Waals surface area contributed by atoms with Crippen LogP contribution in [0.25, 0.3) is 11.5 Å². The molecule has 2 aromatic carbocycles. The minimum atomic E-state index is -0.0649. The second-order valence-electron chi connectivity index (χ2n) is 7.68. The molecule has 0 aliphatic rings. The molecule has 3 rings (SSSR count). The Morgan fingerprint density at radius 3 is 2.40 bits per heavy atom. The fourth-order valence-corrected chi connectivity index (χ4v) is 3.18. The molecule has 1 heterocycles. The van der Waals surface area contributed by atoms with E-state index in [1.807, 2.05) is 32.3 Å². The lowest BCUT2D eigenvalue weighted by Gasteiger charge is -2.10. The lowest BCUT2D eigenvalue weighted by atomic mass is 10.1. The number of hydrogen-bond donors (Lipinski definition) is 1. The summed E-state index contributed by atoms with van der Waals surface area (Å²) < 4.78 is 5.80. The van der Waals surface area contributed by atoms with Crippen LogP contribution in [0.3, 0.4) is 0 Å². The highest BCUT2D eigenvalue weighted by atomic mass is 16.4. The van der Waals surface area contributed by atoms with Gasteiger partial charge < -0.3 is 14.6 Å². The van der Waals surface area contributed by atoms with E-state index in [1.165, 1.54) is 5.56 Å². The minimum absolute atomic E-state index is 0.0649. The van der Waals surface area contributed by atoms with Crippen LogP contribution in [-0.2, 0) is 12.8 Å². The fourth-order valence-electron chi connectivity index (χ4n) is 3.18. The van der Waals surface area contributed by atoms with Crippen molar-refractivity contribution in [2.24, 2.45) is 0 Å². The van der Waals surface area contributed by atoms with Gasteiger partial charge in [0.15, 0.2) is 0 Å². The third kappa shape index (κ3) is 6.81. The van der Waals surface area contributed by atoms with Gasteiger partial charge in [0.05, 0.1) is 0 Å². The van der Waals surface area contributed by atoms with Gasteiger partial charge in [-0.3, -0.25) is 4.79 Å². The van der Waals surface area contributed by atoms with Gasteiger partial charge in [0.2, 0.25) is 11.8 Å². The van der Waals surface area contributed by atoms with Crippen LogP contribution >= 0.6 is 0 Å². The minimum Gasteiger partial charge on any atom is -0.421 e. The summed E-state index contributed by atoms with van der Waals surface area (Å²) in [5.74, 6) is 1.08. The SMILES string of the molecule is CN(C)CCCNC(=O)c1ccc(-c2nnc(CCCCc3ccccc3)o2)cc1. The Hall–Kier alpha value is -2.99. The van der Waals surface area contributed by atoms with Crippen LogP contribution in [0.5, 0.6) is 0 Å². The first-order valence-electron chi connectivity index (χ1n) is 10.5. The Morgan fingerprint density at radius 1 is 0.933 bits per heavy atom. The number of nitrogens with zero attached hydrogens (tertiary/aromatic N) is 3. The predicted octanol–water partition coefficient (Wildman–Crippen LogP) is 3.98. The molecule has 0 saturated heterocycles. The van der Waals surface area contributed by atoms with Crippen molar-refractivity contribution in [1.82, 2.24) is 20.4 Å². The average molecular weight is 407 g/mol. The van der Waals surface area contributed by atoms with Crippen molar-refractivity contribution < 1.29 is 9.21 Å². The number of carbonyl (C=O) groups excluding carboxylic acids is 1. The molecule has 1 N–H and O–H groups in total. The molecule has 0 spiro atoms. The molecular weight excluding hydrogens is 376 g/mol. The van der Waals surface area contributed by atoms with Gasteiger partial charge in [-0.05, 0) is 76.2 Å². The Bertz CT molecular complexity index is 904. The summed E-state index contributed by atoms with van der Waals surface area (Å²) in [6, 6.07) is 17.8. The highest BCUT2D eigenvalue weighted by molar-refractivity contribution is 5.94. The van der Waals surface area contributed by atoms with Crippen LogP contribution in [0.2, 0.25) is 0 Å². The van der Waals surface area contributed by atoms with E-state index in [0.717, 1.165) is 44.2 Å². The molecule has 30 heavy (non-hydrogen) atoms. The normalized spacial score (nSPS) is 11.0. The third-order valence-electron chi connectivity index (χ3n) is 4.88. The molecule has 1 aromatic heterocycles. The summed E-state index contributed by atoms with van der Waals surface area (Å²) in [5.41, 5.74) is 2.80. The molecule has 0 saturated carbocycles. The maximum absolute atomic E-state index is 12.2. The Labute approximate surface area is 178 Å². The number of benzene rings is 2. The van der Waals surface area contributed by atoms with Gasteiger partial charge in [-0.25, -0.2) is 0 Å². The molecule has 0 atom stereocenters. The van der Waals surface area contributed by atoms with Gasteiger partial charge in [-0.15, -0.1) is 10.2 Å². The van der Waals surface area contributed by atoms with Crippen molar-refractivity contribution in [3.8, 4) is 11.5 Å². The first-order chi connectivity index (χ1) is 14.6. The molecule has 0 fully saturated rings. The molecule has 0 aliphatic heterocycles. The topological polar surface area (TPSA) is 71.3 Å². The highest BCUT2D eigenvalue weighted by Gasteiger charge is 2.10. The van der Waals surface area contributed by atoms with Crippen molar-refractivity contribution in [2.75, 3.05) is 27.2 Å². The van der Waals surface area contributed by atoms with Crippen LogP contribution in [0, 0.1) is 0 Å². The fraction of sp³-hybridized carbons (Fsp3) is 0.375. The number of carbonyl (C=O) groups is 1. The smallest absolute Gasteiger partial charge is 0.251 e. The van der Waals surface area contributed by atoms with Crippen molar-refractivity contribution >= 4 is 5.91 Å². The number of aromatic nitrogens is 2. The standard InChI is InChI=1S/C24H30N4O2/c1-28(2)18-8-17-25-23(29)20-13-15-21(16-14-20)24-27-26-22(30-24)12-7-6-11-19-9-4-3-5-10-19/h3-5,9-10,13-16H,6-8,11-12,17-18H2,1-2H3,(H,25,29). The van der Waals surface area contributed by atoms with Crippen LogP contribution in [-0.4, -0.2) is 48.2 Å². The van der Waals surface area contributed by atoms with E-state index in [9.17, 15) is 4.79 Å². The molecule has 158 valence electrons. The van der Waals surface area contributed by atoms with Crippen LogP contribution in [0.1, 0.15) is 41.1 Å². The second kappa shape index (κ2) is 11.3.